The molecule has 1 rings (SSSR count). The van der Waals surface area contributed by atoms with Gasteiger partial charge in [-0.2, -0.15) is 0 Å². The van der Waals surface area contributed by atoms with Crippen LogP contribution in [0, 0.1) is 6.92 Å². The maximum Gasteiger partial charge on any atom is 0.310 e. The second kappa shape index (κ2) is 4.60. The molecule has 4 nitrogen and oxygen atoms in total. The summed E-state index contributed by atoms with van der Waals surface area (Å²) in [4.78, 5) is 25.3. The summed E-state index contributed by atoms with van der Waals surface area (Å²) in [6, 6.07) is 1.47. The Morgan fingerprint density at radius 3 is 2.86 bits per heavy atom. The number of ether oxygens (including phenoxy) is 1. The second-order valence-corrected chi connectivity index (χ2v) is 2.99. The fourth-order valence-corrected chi connectivity index (χ4v) is 1.11. The van der Waals surface area contributed by atoms with Gasteiger partial charge in [0, 0.05) is 23.5 Å². The maximum absolute atomic E-state index is 11.4. The molecule has 1 heterocycles. The normalized spacial score (nSPS) is 9.86. The molecule has 14 heavy (non-hydrogen) atoms. The predicted molar refractivity (Wildman–Crippen MR) is 52.1 cm³/mol. The minimum Gasteiger partial charge on any atom is -0.466 e. The van der Waals surface area contributed by atoms with Gasteiger partial charge in [-0.05, 0) is 13.8 Å². The molecule has 0 amide bonds. The van der Waals surface area contributed by atoms with Crippen LogP contribution in [0.3, 0.4) is 0 Å². The van der Waals surface area contributed by atoms with Crippen LogP contribution in [-0.4, -0.2) is 17.6 Å². The van der Waals surface area contributed by atoms with Gasteiger partial charge in [0.1, 0.15) is 0 Å². The van der Waals surface area contributed by atoms with E-state index in [0.29, 0.717) is 12.2 Å². The van der Waals surface area contributed by atoms with Crippen LogP contribution >= 0.6 is 0 Å². The van der Waals surface area contributed by atoms with Crippen LogP contribution in [-0.2, 0) is 16.0 Å². The number of pyridine rings is 1. The summed E-state index contributed by atoms with van der Waals surface area (Å²) in [6.07, 6.45) is 1.58. The molecule has 0 atom stereocenters. The van der Waals surface area contributed by atoms with E-state index in [1.54, 1.807) is 20.0 Å². The summed E-state index contributed by atoms with van der Waals surface area (Å²) in [6.45, 7) is 3.86. The van der Waals surface area contributed by atoms with Gasteiger partial charge in [0.15, 0.2) is 5.43 Å². The topological polar surface area (TPSA) is 59.2 Å². The van der Waals surface area contributed by atoms with E-state index in [9.17, 15) is 9.59 Å². The van der Waals surface area contributed by atoms with Gasteiger partial charge in [0.25, 0.3) is 0 Å². The third kappa shape index (κ3) is 2.73. The summed E-state index contributed by atoms with van der Waals surface area (Å²) >= 11 is 0. The number of carbonyl (C=O) groups is 1. The molecule has 0 saturated heterocycles. The summed E-state index contributed by atoms with van der Waals surface area (Å²) in [5.41, 5.74) is 1.09. The van der Waals surface area contributed by atoms with Gasteiger partial charge < -0.3 is 9.72 Å². The number of aromatic nitrogens is 1. The van der Waals surface area contributed by atoms with Crippen molar-refractivity contribution in [1.29, 1.82) is 0 Å². The zero-order chi connectivity index (χ0) is 10.6. The number of hydrogen-bond acceptors (Lipinski definition) is 3. The number of aryl methyl sites for hydroxylation is 1. The zero-order valence-electron chi connectivity index (χ0n) is 8.29. The highest BCUT2D eigenvalue weighted by Gasteiger charge is 2.06. The molecule has 0 aromatic carbocycles. The lowest BCUT2D eigenvalue weighted by Gasteiger charge is -2.01. The van der Waals surface area contributed by atoms with Gasteiger partial charge in [0.2, 0.25) is 0 Å². The molecule has 0 aliphatic carbocycles. The molecule has 1 N–H and O–H groups in total. The highest BCUT2D eigenvalue weighted by atomic mass is 16.5. The van der Waals surface area contributed by atoms with E-state index in [-0.39, 0.29) is 17.8 Å². The highest BCUT2D eigenvalue weighted by molar-refractivity contribution is 5.72. The lowest BCUT2D eigenvalue weighted by atomic mass is 10.2. The number of aromatic amines is 1. The first kappa shape index (κ1) is 10.5. The Bertz CT molecular complexity index is 381. The summed E-state index contributed by atoms with van der Waals surface area (Å²) in [5.74, 6) is -0.373. The van der Waals surface area contributed by atoms with Gasteiger partial charge in [-0.15, -0.1) is 0 Å². The van der Waals surface area contributed by atoms with E-state index in [1.807, 2.05) is 0 Å². The summed E-state index contributed by atoms with van der Waals surface area (Å²) < 4.78 is 4.74. The molecule has 0 unspecified atom stereocenters. The molecule has 0 aliphatic rings. The molecule has 1 aromatic heterocycles. The van der Waals surface area contributed by atoms with E-state index in [0.717, 1.165) is 5.69 Å². The van der Waals surface area contributed by atoms with Crippen LogP contribution < -0.4 is 5.43 Å². The van der Waals surface area contributed by atoms with Crippen LogP contribution in [0.25, 0.3) is 0 Å². The first-order valence-electron chi connectivity index (χ1n) is 4.47. The largest absolute Gasteiger partial charge is 0.466 e. The molecule has 0 aliphatic heterocycles. The SMILES string of the molecule is CCOC(=O)Cc1c[nH]c(C)cc1=O. The Morgan fingerprint density at radius 1 is 1.57 bits per heavy atom. The van der Waals surface area contributed by atoms with Crippen molar-refractivity contribution in [1.82, 2.24) is 4.98 Å². The van der Waals surface area contributed by atoms with Crippen molar-refractivity contribution in [3.63, 3.8) is 0 Å². The van der Waals surface area contributed by atoms with Crippen LogP contribution in [0.5, 0.6) is 0 Å². The second-order valence-electron chi connectivity index (χ2n) is 2.99. The minimum absolute atomic E-state index is 0.0312. The number of hydrogen-bond donors (Lipinski definition) is 1. The molecule has 0 fully saturated rings. The molecule has 0 bridgehead atoms. The average Bonchev–Trinajstić information content (AvgIpc) is 2.10. The van der Waals surface area contributed by atoms with Crippen LogP contribution in [0.4, 0.5) is 0 Å². The monoisotopic (exact) mass is 195 g/mol. The van der Waals surface area contributed by atoms with Crippen molar-refractivity contribution < 1.29 is 9.53 Å². The van der Waals surface area contributed by atoms with Crippen molar-refractivity contribution in [2.24, 2.45) is 0 Å². The lowest BCUT2D eigenvalue weighted by molar-refractivity contribution is -0.142. The third-order valence-electron chi connectivity index (χ3n) is 1.78. The van der Waals surface area contributed by atoms with Crippen molar-refractivity contribution in [3.8, 4) is 0 Å². The van der Waals surface area contributed by atoms with E-state index in [1.165, 1.54) is 6.07 Å². The predicted octanol–water partition coefficient (Wildman–Crippen LogP) is 0.789. The lowest BCUT2D eigenvalue weighted by Crippen LogP contribution is -2.16. The first-order chi connectivity index (χ1) is 6.63. The van der Waals surface area contributed by atoms with Crippen molar-refractivity contribution in [2.45, 2.75) is 20.3 Å². The van der Waals surface area contributed by atoms with Crippen molar-refractivity contribution in [3.05, 3.63) is 33.7 Å². The van der Waals surface area contributed by atoms with E-state index in [2.05, 4.69) is 4.98 Å². The van der Waals surface area contributed by atoms with Crippen LogP contribution in [0.1, 0.15) is 18.2 Å². The molecule has 0 spiro atoms. The fourth-order valence-electron chi connectivity index (χ4n) is 1.11. The number of esters is 1. The smallest absolute Gasteiger partial charge is 0.310 e. The first-order valence-corrected chi connectivity index (χ1v) is 4.47. The fraction of sp³-hybridized carbons (Fsp3) is 0.400. The van der Waals surface area contributed by atoms with E-state index in [4.69, 9.17) is 4.74 Å². The quantitative estimate of drug-likeness (QED) is 0.725. The Morgan fingerprint density at radius 2 is 2.29 bits per heavy atom. The van der Waals surface area contributed by atoms with Crippen LogP contribution in [0.2, 0.25) is 0 Å². The molecular weight excluding hydrogens is 182 g/mol. The Kier molecular flexibility index (Phi) is 3.45. The number of H-pyrrole nitrogens is 1. The summed E-state index contributed by atoms with van der Waals surface area (Å²) in [5, 5.41) is 0. The third-order valence-corrected chi connectivity index (χ3v) is 1.78. The van der Waals surface area contributed by atoms with Crippen molar-refractivity contribution >= 4 is 5.97 Å². The highest BCUT2D eigenvalue weighted by Crippen LogP contribution is 1.95. The van der Waals surface area contributed by atoms with Crippen LogP contribution in [0.15, 0.2) is 17.1 Å². The van der Waals surface area contributed by atoms with E-state index < -0.39 is 0 Å². The molecule has 76 valence electrons. The Labute approximate surface area is 81.9 Å². The molecule has 0 radical (unpaired) electrons. The molecule has 0 saturated carbocycles. The van der Waals surface area contributed by atoms with Gasteiger partial charge in [-0.1, -0.05) is 0 Å². The Balaban J connectivity index is 2.77. The van der Waals surface area contributed by atoms with Gasteiger partial charge in [0.05, 0.1) is 13.0 Å². The van der Waals surface area contributed by atoms with E-state index >= 15 is 0 Å². The molecule has 4 heteroatoms. The van der Waals surface area contributed by atoms with Crippen molar-refractivity contribution in [2.75, 3.05) is 6.61 Å². The minimum atomic E-state index is -0.373. The molecule has 1 aromatic rings. The van der Waals surface area contributed by atoms with Gasteiger partial charge in [-0.3, -0.25) is 9.59 Å². The Hall–Kier alpha value is -1.58. The number of rotatable bonds is 3. The summed E-state index contributed by atoms with van der Waals surface area (Å²) in [7, 11) is 0. The zero-order valence-corrected chi connectivity index (χ0v) is 8.29. The standard InChI is InChI=1S/C10H13NO3/c1-3-14-10(13)5-8-6-11-7(2)4-9(8)12/h4,6H,3,5H2,1-2H3,(H,11,12). The number of nitrogens with one attached hydrogen (secondary N) is 1. The maximum atomic E-state index is 11.4. The molecular formula is C10H13NO3. The van der Waals surface area contributed by atoms with Gasteiger partial charge >= 0.3 is 5.97 Å². The van der Waals surface area contributed by atoms with Gasteiger partial charge in [-0.25, -0.2) is 0 Å². The average molecular weight is 195 g/mol. The number of carbonyl (C=O) groups excluding carboxylic acids is 1.